The molecule has 3 heterocycles. The number of hydrogen-bond donors (Lipinski definition) is 1. The number of hydrogen-bond acceptors (Lipinski definition) is 7. The highest BCUT2D eigenvalue weighted by Crippen LogP contribution is 2.32. The van der Waals surface area contributed by atoms with Crippen LogP contribution in [0.4, 0.5) is 11.6 Å². The predicted molar refractivity (Wildman–Crippen MR) is 90.0 cm³/mol. The summed E-state index contributed by atoms with van der Waals surface area (Å²) in [6, 6.07) is 5.48. The van der Waals surface area contributed by atoms with Crippen molar-refractivity contribution in [1.82, 2.24) is 9.97 Å². The molecule has 1 saturated heterocycles. The molecular weight excluding hydrogens is 324 g/mol. The van der Waals surface area contributed by atoms with Crippen LogP contribution in [0.2, 0.25) is 0 Å². The Morgan fingerprint density at radius 2 is 1.88 bits per heavy atom. The van der Waals surface area contributed by atoms with Gasteiger partial charge in [0.05, 0.1) is 37.7 Å². The molecule has 1 aromatic heterocycles. The molecule has 8 heteroatoms. The fourth-order valence-electron chi connectivity index (χ4n) is 2.75. The molecule has 2 aliphatic rings. The van der Waals surface area contributed by atoms with Crippen LogP contribution in [0.5, 0.6) is 11.5 Å². The lowest BCUT2D eigenvalue weighted by Crippen LogP contribution is -2.37. The number of nitrogens with zero attached hydrogens (tertiary/aromatic N) is 3. The van der Waals surface area contributed by atoms with Crippen LogP contribution < -0.4 is 19.7 Å². The third-order valence-electron chi connectivity index (χ3n) is 4.02. The molecule has 2 aliphatic heterocycles. The summed E-state index contributed by atoms with van der Waals surface area (Å²) in [4.78, 5) is 22.9. The highest BCUT2D eigenvalue weighted by Gasteiger charge is 2.16. The number of morpholine rings is 1. The molecule has 8 nitrogen and oxygen atoms in total. The van der Waals surface area contributed by atoms with Gasteiger partial charge in [0.15, 0.2) is 11.5 Å². The van der Waals surface area contributed by atoms with Crippen molar-refractivity contribution in [3.05, 3.63) is 36.2 Å². The summed E-state index contributed by atoms with van der Waals surface area (Å²) in [7, 11) is 0. The van der Waals surface area contributed by atoms with Gasteiger partial charge in [-0.05, 0) is 17.7 Å². The number of ether oxygens (including phenoxy) is 3. The molecule has 0 unspecified atom stereocenters. The van der Waals surface area contributed by atoms with E-state index in [9.17, 15) is 4.79 Å². The maximum Gasteiger partial charge on any atom is 0.231 e. The summed E-state index contributed by atoms with van der Waals surface area (Å²) in [5, 5.41) is 2.81. The van der Waals surface area contributed by atoms with Gasteiger partial charge < -0.3 is 24.4 Å². The van der Waals surface area contributed by atoms with Gasteiger partial charge in [0, 0.05) is 13.1 Å². The normalized spacial score (nSPS) is 15.9. The fraction of sp³-hybridized carbons (Fsp3) is 0.353. The van der Waals surface area contributed by atoms with E-state index in [1.165, 1.54) is 0 Å². The highest BCUT2D eigenvalue weighted by atomic mass is 16.7. The second kappa shape index (κ2) is 6.94. The quantitative estimate of drug-likeness (QED) is 0.894. The number of carbonyl (C=O) groups is 1. The zero-order chi connectivity index (χ0) is 17.1. The fourth-order valence-corrected chi connectivity index (χ4v) is 2.75. The second-order valence-corrected chi connectivity index (χ2v) is 5.78. The average Bonchev–Trinajstić information content (AvgIpc) is 3.11. The molecule has 0 atom stereocenters. The molecule has 0 aliphatic carbocycles. The Kier molecular flexibility index (Phi) is 4.34. The molecule has 0 spiro atoms. The van der Waals surface area contributed by atoms with E-state index in [0.29, 0.717) is 36.3 Å². The SMILES string of the molecule is O=C(Cc1ccc2c(c1)OCO2)Nc1cnc(N2CCOCC2)nc1. The Bertz CT molecular complexity index is 760. The molecule has 1 N–H and O–H groups in total. The first-order valence-electron chi connectivity index (χ1n) is 8.11. The Morgan fingerprint density at radius 1 is 1.12 bits per heavy atom. The zero-order valence-corrected chi connectivity index (χ0v) is 13.6. The minimum atomic E-state index is -0.137. The van der Waals surface area contributed by atoms with Crippen molar-refractivity contribution < 1.29 is 19.0 Å². The molecule has 0 bridgehead atoms. The van der Waals surface area contributed by atoms with E-state index in [0.717, 1.165) is 18.7 Å². The van der Waals surface area contributed by atoms with E-state index in [1.807, 2.05) is 18.2 Å². The lowest BCUT2D eigenvalue weighted by Gasteiger charge is -2.26. The number of nitrogens with one attached hydrogen (secondary N) is 1. The minimum Gasteiger partial charge on any atom is -0.454 e. The Labute approximate surface area is 144 Å². The van der Waals surface area contributed by atoms with Crippen molar-refractivity contribution in [2.45, 2.75) is 6.42 Å². The summed E-state index contributed by atoms with van der Waals surface area (Å²) in [5.41, 5.74) is 1.43. The smallest absolute Gasteiger partial charge is 0.231 e. The van der Waals surface area contributed by atoms with Crippen molar-refractivity contribution in [2.24, 2.45) is 0 Å². The molecule has 1 fully saturated rings. The van der Waals surface area contributed by atoms with E-state index in [2.05, 4.69) is 20.2 Å². The number of rotatable bonds is 4. The molecular formula is C17H18N4O4. The van der Waals surface area contributed by atoms with Crippen LogP contribution in [0.3, 0.4) is 0 Å². The molecule has 1 aromatic carbocycles. The molecule has 0 radical (unpaired) electrons. The first-order valence-corrected chi connectivity index (χ1v) is 8.11. The van der Waals surface area contributed by atoms with Gasteiger partial charge >= 0.3 is 0 Å². The molecule has 25 heavy (non-hydrogen) atoms. The topological polar surface area (TPSA) is 85.8 Å². The van der Waals surface area contributed by atoms with Crippen LogP contribution in [0.15, 0.2) is 30.6 Å². The second-order valence-electron chi connectivity index (χ2n) is 5.78. The van der Waals surface area contributed by atoms with Crippen molar-refractivity contribution in [3.63, 3.8) is 0 Å². The summed E-state index contributed by atoms with van der Waals surface area (Å²) in [5.74, 6) is 1.89. The Morgan fingerprint density at radius 3 is 2.68 bits per heavy atom. The number of anilines is 2. The number of benzene rings is 1. The highest BCUT2D eigenvalue weighted by molar-refractivity contribution is 5.92. The van der Waals surface area contributed by atoms with Gasteiger partial charge in [-0.3, -0.25) is 4.79 Å². The third kappa shape index (κ3) is 3.63. The Hall–Kier alpha value is -2.87. The van der Waals surface area contributed by atoms with Crippen LogP contribution in [0, 0.1) is 0 Å². The van der Waals surface area contributed by atoms with Crippen LogP contribution in [0.1, 0.15) is 5.56 Å². The van der Waals surface area contributed by atoms with Gasteiger partial charge in [0.1, 0.15) is 0 Å². The summed E-state index contributed by atoms with van der Waals surface area (Å²) in [6.45, 7) is 3.12. The van der Waals surface area contributed by atoms with Gasteiger partial charge in [-0.15, -0.1) is 0 Å². The van der Waals surface area contributed by atoms with Crippen molar-refractivity contribution in [1.29, 1.82) is 0 Å². The van der Waals surface area contributed by atoms with Crippen LogP contribution >= 0.6 is 0 Å². The zero-order valence-electron chi connectivity index (χ0n) is 13.6. The minimum absolute atomic E-state index is 0.137. The van der Waals surface area contributed by atoms with E-state index in [4.69, 9.17) is 14.2 Å². The van der Waals surface area contributed by atoms with Crippen molar-refractivity contribution >= 4 is 17.5 Å². The van der Waals surface area contributed by atoms with Gasteiger partial charge in [-0.1, -0.05) is 6.07 Å². The van der Waals surface area contributed by atoms with E-state index in [1.54, 1.807) is 12.4 Å². The maximum atomic E-state index is 12.2. The molecule has 0 saturated carbocycles. The number of amides is 1. The van der Waals surface area contributed by atoms with Gasteiger partial charge in [-0.25, -0.2) is 9.97 Å². The number of carbonyl (C=O) groups excluding carboxylic acids is 1. The first kappa shape index (κ1) is 15.6. The molecule has 130 valence electrons. The maximum absolute atomic E-state index is 12.2. The lowest BCUT2D eigenvalue weighted by molar-refractivity contribution is -0.115. The summed E-state index contributed by atoms with van der Waals surface area (Å²) in [6.07, 6.45) is 3.48. The third-order valence-corrected chi connectivity index (χ3v) is 4.02. The van der Waals surface area contributed by atoms with E-state index in [-0.39, 0.29) is 19.1 Å². The lowest BCUT2D eigenvalue weighted by atomic mass is 10.1. The molecule has 1 amide bonds. The van der Waals surface area contributed by atoms with Gasteiger partial charge in [0.2, 0.25) is 18.6 Å². The van der Waals surface area contributed by atoms with Crippen LogP contribution in [0.25, 0.3) is 0 Å². The molecule has 2 aromatic rings. The Balaban J connectivity index is 1.35. The summed E-state index contributed by atoms with van der Waals surface area (Å²) < 4.78 is 15.9. The van der Waals surface area contributed by atoms with Crippen LogP contribution in [-0.2, 0) is 16.0 Å². The average molecular weight is 342 g/mol. The van der Waals surface area contributed by atoms with Gasteiger partial charge in [-0.2, -0.15) is 0 Å². The molecule has 4 rings (SSSR count). The first-order chi connectivity index (χ1) is 12.3. The van der Waals surface area contributed by atoms with Gasteiger partial charge in [0.25, 0.3) is 0 Å². The van der Waals surface area contributed by atoms with Crippen molar-refractivity contribution in [3.8, 4) is 11.5 Å². The monoisotopic (exact) mass is 342 g/mol. The van der Waals surface area contributed by atoms with Crippen molar-refractivity contribution in [2.75, 3.05) is 43.3 Å². The van der Waals surface area contributed by atoms with Crippen LogP contribution in [-0.4, -0.2) is 49.0 Å². The summed E-state index contributed by atoms with van der Waals surface area (Å²) >= 11 is 0. The van der Waals surface area contributed by atoms with E-state index >= 15 is 0 Å². The largest absolute Gasteiger partial charge is 0.454 e. The van der Waals surface area contributed by atoms with E-state index < -0.39 is 0 Å². The predicted octanol–water partition coefficient (Wildman–Crippen LogP) is 1.22. The number of aromatic nitrogens is 2. The number of fused-ring (bicyclic) bond motifs is 1. The standard InChI is InChI=1S/C17H18N4O4/c22-16(8-12-1-2-14-15(7-12)25-11-24-14)20-13-9-18-17(19-10-13)21-3-5-23-6-4-21/h1-2,7,9-10H,3-6,8,11H2,(H,20,22).